The summed E-state index contributed by atoms with van der Waals surface area (Å²) in [5.41, 5.74) is 1.17. The minimum Gasteiger partial charge on any atom is -0.473 e. The Morgan fingerprint density at radius 1 is 1.29 bits per heavy atom. The van der Waals surface area contributed by atoms with Crippen LogP contribution in [0.4, 0.5) is 4.39 Å². The van der Waals surface area contributed by atoms with Crippen LogP contribution in [0.15, 0.2) is 40.3 Å². The van der Waals surface area contributed by atoms with E-state index in [4.69, 9.17) is 16.3 Å². The summed E-state index contributed by atoms with van der Waals surface area (Å²) in [5, 5.41) is 1.76. The van der Waals surface area contributed by atoms with Crippen LogP contribution in [0.25, 0.3) is 11.1 Å². The fourth-order valence-corrected chi connectivity index (χ4v) is 5.05. The van der Waals surface area contributed by atoms with Gasteiger partial charge in [0.15, 0.2) is 0 Å². The number of carbonyl (C=O) groups is 1. The first-order valence-electron chi connectivity index (χ1n) is 9.34. The fourth-order valence-electron chi connectivity index (χ4n) is 3.04. The molecule has 1 amide bonds. The monoisotopic (exact) mass is 481 g/mol. The van der Waals surface area contributed by atoms with Crippen molar-refractivity contribution in [1.82, 2.24) is 14.7 Å². The van der Waals surface area contributed by atoms with E-state index >= 15 is 0 Å². The maximum absolute atomic E-state index is 14.7. The molecule has 7 nitrogen and oxygen atoms in total. The number of sulfonamides is 1. The number of pyridine rings is 1. The van der Waals surface area contributed by atoms with Gasteiger partial charge in [0.1, 0.15) is 16.9 Å². The minimum atomic E-state index is -4.17. The second kappa shape index (κ2) is 8.52. The fraction of sp³-hybridized carbons (Fsp3) is 0.250. The summed E-state index contributed by atoms with van der Waals surface area (Å²) in [5.74, 6) is -1.63. The molecular weight excluding hydrogens is 465 g/mol. The Hall–Kier alpha value is -2.56. The average molecular weight is 482 g/mol. The summed E-state index contributed by atoms with van der Waals surface area (Å²) in [6.45, 7) is 1.67. The van der Waals surface area contributed by atoms with Crippen LogP contribution in [0.1, 0.15) is 35.2 Å². The van der Waals surface area contributed by atoms with E-state index in [1.807, 2.05) is 4.72 Å². The maximum Gasteiger partial charge on any atom is 0.291 e. The third-order valence-electron chi connectivity index (χ3n) is 4.87. The molecule has 1 aromatic carbocycles. The van der Waals surface area contributed by atoms with E-state index in [0.29, 0.717) is 27.6 Å². The number of aromatic nitrogens is 2. The van der Waals surface area contributed by atoms with Crippen LogP contribution >= 0.6 is 22.9 Å². The summed E-state index contributed by atoms with van der Waals surface area (Å²) in [6, 6.07) is 4.06. The highest BCUT2D eigenvalue weighted by atomic mass is 35.5. The Morgan fingerprint density at radius 2 is 2.06 bits per heavy atom. The lowest BCUT2D eigenvalue weighted by molar-refractivity contribution is 0.0977. The number of carbonyl (C=O) groups excluding carboxylic acids is 1. The van der Waals surface area contributed by atoms with E-state index in [1.165, 1.54) is 23.8 Å². The number of nitrogens with zero attached hydrogens (tertiary/aromatic N) is 2. The SMILES string of the molecule is Cc1cc(C(=O)NS(=O)(=O)c2nccs2)c(F)cc1-c1cnc(OC2CCC2)c(Cl)c1. The second-order valence-electron chi connectivity index (χ2n) is 7.06. The summed E-state index contributed by atoms with van der Waals surface area (Å²) in [4.78, 5) is 20.3. The number of hydrogen-bond donors (Lipinski definition) is 1. The number of halogens is 2. The zero-order chi connectivity index (χ0) is 22.2. The number of ether oxygens (including phenoxy) is 1. The first kappa shape index (κ1) is 21.7. The number of rotatable bonds is 6. The molecule has 0 bridgehead atoms. The van der Waals surface area contributed by atoms with Gasteiger partial charge in [0.25, 0.3) is 15.9 Å². The lowest BCUT2D eigenvalue weighted by Crippen LogP contribution is -2.31. The van der Waals surface area contributed by atoms with Crippen molar-refractivity contribution in [2.24, 2.45) is 0 Å². The predicted molar refractivity (Wildman–Crippen MR) is 114 cm³/mol. The third kappa shape index (κ3) is 4.56. The van der Waals surface area contributed by atoms with Crippen LogP contribution in [-0.4, -0.2) is 30.4 Å². The van der Waals surface area contributed by atoms with Crippen molar-refractivity contribution in [3.05, 3.63) is 57.9 Å². The van der Waals surface area contributed by atoms with E-state index in [-0.39, 0.29) is 10.4 Å². The Labute approximate surface area is 187 Å². The molecule has 1 fully saturated rings. The second-order valence-corrected chi connectivity index (χ2v) is 10.2. The molecule has 4 rings (SSSR count). The van der Waals surface area contributed by atoms with Gasteiger partial charge in [0, 0.05) is 23.3 Å². The molecule has 1 aliphatic rings. The molecule has 31 heavy (non-hydrogen) atoms. The van der Waals surface area contributed by atoms with Crippen LogP contribution in [0.2, 0.25) is 5.02 Å². The van der Waals surface area contributed by atoms with Crippen LogP contribution in [0.3, 0.4) is 0 Å². The molecule has 3 aromatic rings. The topological polar surface area (TPSA) is 98.2 Å². The largest absolute Gasteiger partial charge is 0.473 e. The normalized spacial score (nSPS) is 14.2. The summed E-state index contributed by atoms with van der Waals surface area (Å²) < 4.78 is 46.4. The molecule has 0 atom stereocenters. The van der Waals surface area contributed by atoms with Crippen LogP contribution < -0.4 is 9.46 Å². The van der Waals surface area contributed by atoms with Crippen molar-refractivity contribution in [1.29, 1.82) is 0 Å². The van der Waals surface area contributed by atoms with E-state index in [0.717, 1.165) is 36.7 Å². The molecule has 0 spiro atoms. The Kier molecular flexibility index (Phi) is 5.96. The summed E-state index contributed by atoms with van der Waals surface area (Å²) in [6.07, 6.45) is 5.98. The van der Waals surface area contributed by atoms with Gasteiger partial charge in [-0.15, -0.1) is 11.3 Å². The molecule has 1 saturated carbocycles. The standard InChI is InChI=1S/C20H17ClFN3O4S2/c1-11-7-15(18(26)25-31(27,28)20-23-5-6-30-20)17(22)9-14(11)12-8-16(21)19(24-10-12)29-13-3-2-4-13/h5-10,13H,2-4H2,1H3,(H,25,26). The van der Waals surface area contributed by atoms with Crippen LogP contribution in [-0.2, 0) is 10.0 Å². The van der Waals surface area contributed by atoms with Crippen molar-refractivity contribution >= 4 is 38.9 Å². The van der Waals surface area contributed by atoms with Gasteiger partial charge in [-0.25, -0.2) is 19.1 Å². The van der Waals surface area contributed by atoms with Crippen molar-refractivity contribution in [2.75, 3.05) is 0 Å². The van der Waals surface area contributed by atoms with E-state index in [2.05, 4.69) is 9.97 Å². The van der Waals surface area contributed by atoms with Crippen molar-refractivity contribution in [2.45, 2.75) is 36.6 Å². The molecule has 0 unspecified atom stereocenters. The first-order chi connectivity index (χ1) is 14.7. The van der Waals surface area contributed by atoms with Gasteiger partial charge in [-0.05, 0) is 55.5 Å². The molecule has 1 aliphatic carbocycles. The van der Waals surface area contributed by atoms with Gasteiger partial charge in [-0.2, -0.15) is 8.42 Å². The number of nitrogens with one attached hydrogen (secondary N) is 1. The molecular formula is C20H17ClFN3O4S2. The van der Waals surface area contributed by atoms with Gasteiger partial charge in [-0.3, -0.25) is 4.79 Å². The van der Waals surface area contributed by atoms with E-state index < -0.39 is 27.3 Å². The number of thiazole rings is 1. The van der Waals surface area contributed by atoms with Crippen molar-refractivity contribution < 1.29 is 22.3 Å². The minimum absolute atomic E-state index is 0.119. The smallest absolute Gasteiger partial charge is 0.291 e. The summed E-state index contributed by atoms with van der Waals surface area (Å²) >= 11 is 7.13. The van der Waals surface area contributed by atoms with Gasteiger partial charge in [-0.1, -0.05) is 11.6 Å². The molecule has 11 heteroatoms. The summed E-state index contributed by atoms with van der Waals surface area (Å²) in [7, 11) is -4.17. The first-order valence-corrected chi connectivity index (χ1v) is 12.1. The van der Waals surface area contributed by atoms with E-state index in [9.17, 15) is 17.6 Å². The third-order valence-corrected chi connectivity index (χ3v) is 7.68. The van der Waals surface area contributed by atoms with Crippen molar-refractivity contribution in [3.8, 4) is 17.0 Å². The zero-order valence-electron chi connectivity index (χ0n) is 16.3. The number of aryl methyl sites for hydroxylation is 1. The number of hydrogen-bond acceptors (Lipinski definition) is 7. The van der Waals surface area contributed by atoms with E-state index in [1.54, 1.807) is 13.0 Å². The zero-order valence-corrected chi connectivity index (χ0v) is 18.7. The quantitative estimate of drug-likeness (QED) is 0.561. The van der Waals surface area contributed by atoms with Gasteiger partial charge in [0.2, 0.25) is 10.2 Å². The molecule has 0 saturated heterocycles. The Morgan fingerprint density at radius 3 is 2.68 bits per heavy atom. The highest BCUT2D eigenvalue weighted by Gasteiger charge is 2.24. The highest BCUT2D eigenvalue weighted by Crippen LogP contribution is 2.33. The van der Waals surface area contributed by atoms with Gasteiger partial charge >= 0.3 is 0 Å². The molecule has 1 N–H and O–H groups in total. The van der Waals surface area contributed by atoms with Crippen LogP contribution in [0, 0.1) is 12.7 Å². The molecule has 2 aromatic heterocycles. The maximum atomic E-state index is 14.7. The number of amides is 1. The van der Waals surface area contributed by atoms with Crippen LogP contribution in [0.5, 0.6) is 5.88 Å². The lowest BCUT2D eigenvalue weighted by Gasteiger charge is -2.26. The van der Waals surface area contributed by atoms with Gasteiger partial charge < -0.3 is 4.74 Å². The molecule has 2 heterocycles. The number of benzene rings is 1. The van der Waals surface area contributed by atoms with Gasteiger partial charge in [0.05, 0.1) is 5.56 Å². The van der Waals surface area contributed by atoms with Crippen molar-refractivity contribution in [3.63, 3.8) is 0 Å². The lowest BCUT2D eigenvalue weighted by atomic mass is 9.96. The molecule has 0 aliphatic heterocycles. The Balaban J connectivity index is 1.58. The Bertz CT molecular complexity index is 1250. The molecule has 0 radical (unpaired) electrons. The highest BCUT2D eigenvalue weighted by molar-refractivity contribution is 7.92. The molecule has 162 valence electrons. The predicted octanol–water partition coefficient (Wildman–Crippen LogP) is 4.36. The average Bonchev–Trinajstić information content (AvgIpc) is 3.22.